The Bertz CT molecular complexity index is 504. The van der Waals surface area contributed by atoms with Crippen molar-refractivity contribution in [2.75, 3.05) is 6.54 Å². The molecular weight excluding hydrogens is 244 g/mol. The van der Waals surface area contributed by atoms with E-state index in [4.69, 9.17) is 5.11 Å². The highest BCUT2D eigenvalue weighted by molar-refractivity contribution is 7.89. The SMILES string of the molecule is CCCNS(=O)(=O)c1cc(C(=O)O)n(CC)c1. The quantitative estimate of drug-likeness (QED) is 0.795. The molecule has 0 aliphatic rings. The van der Waals surface area contributed by atoms with Crippen LogP contribution in [0.25, 0.3) is 0 Å². The van der Waals surface area contributed by atoms with Crippen molar-refractivity contribution in [2.45, 2.75) is 31.7 Å². The molecule has 0 amide bonds. The van der Waals surface area contributed by atoms with Gasteiger partial charge in [0, 0.05) is 19.3 Å². The summed E-state index contributed by atoms with van der Waals surface area (Å²) in [6, 6.07) is 1.17. The van der Waals surface area contributed by atoms with Gasteiger partial charge in [0.25, 0.3) is 0 Å². The van der Waals surface area contributed by atoms with Crippen molar-refractivity contribution in [3.05, 3.63) is 18.0 Å². The van der Waals surface area contributed by atoms with Crippen molar-refractivity contribution >= 4 is 16.0 Å². The van der Waals surface area contributed by atoms with Gasteiger partial charge in [-0.15, -0.1) is 0 Å². The highest BCUT2D eigenvalue weighted by Gasteiger charge is 2.20. The summed E-state index contributed by atoms with van der Waals surface area (Å²) < 4.78 is 27.3. The summed E-state index contributed by atoms with van der Waals surface area (Å²) in [5.74, 6) is -1.14. The molecule has 0 fully saturated rings. The van der Waals surface area contributed by atoms with Gasteiger partial charge >= 0.3 is 5.97 Å². The molecule has 0 bridgehead atoms. The van der Waals surface area contributed by atoms with Crippen LogP contribution in [0.15, 0.2) is 17.2 Å². The van der Waals surface area contributed by atoms with E-state index in [-0.39, 0.29) is 10.6 Å². The molecule has 17 heavy (non-hydrogen) atoms. The summed E-state index contributed by atoms with van der Waals surface area (Å²) in [4.78, 5) is 10.9. The van der Waals surface area contributed by atoms with Gasteiger partial charge in [0.05, 0.1) is 0 Å². The first-order valence-electron chi connectivity index (χ1n) is 5.35. The monoisotopic (exact) mass is 260 g/mol. The Morgan fingerprint density at radius 3 is 2.53 bits per heavy atom. The van der Waals surface area contributed by atoms with Crippen molar-refractivity contribution in [1.82, 2.24) is 9.29 Å². The lowest BCUT2D eigenvalue weighted by Crippen LogP contribution is -2.24. The van der Waals surface area contributed by atoms with Gasteiger partial charge in [0.2, 0.25) is 10.0 Å². The maximum atomic E-state index is 11.8. The summed E-state index contributed by atoms with van der Waals surface area (Å²) in [5, 5.41) is 8.92. The van der Waals surface area contributed by atoms with Crippen molar-refractivity contribution in [1.29, 1.82) is 0 Å². The zero-order valence-electron chi connectivity index (χ0n) is 9.80. The van der Waals surface area contributed by atoms with Gasteiger partial charge in [-0.25, -0.2) is 17.9 Å². The van der Waals surface area contributed by atoms with Crippen LogP contribution in [-0.4, -0.2) is 30.6 Å². The average molecular weight is 260 g/mol. The molecule has 96 valence electrons. The number of carbonyl (C=O) groups is 1. The van der Waals surface area contributed by atoms with E-state index in [9.17, 15) is 13.2 Å². The van der Waals surface area contributed by atoms with Crippen molar-refractivity contribution in [3.8, 4) is 0 Å². The van der Waals surface area contributed by atoms with Gasteiger partial charge in [-0.2, -0.15) is 0 Å². The smallest absolute Gasteiger partial charge is 0.352 e. The maximum Gasteiger partial charge on any atom is 0.352 e. The number of hydrogen-bond acceptors (Lipinski definition) is 3. The number of nitrogens with zero attached hydrogens (tertiary/aromatic N) is 1. The molecule has 1 heterocycles. The fraction of sp³-hybridized carbons (Fsp3) is 0.500. The van der Waals surface area contributed by atoms with Crippen LogP contribution in [-0.2, 0) is 16.6 Å². The van der Waals surface area contributed by atoms with Crippen LogP contribution < -0.4 is 4.72 Å². The molecule has 0 aromatic carbocycles. The molecule has 0 spiro atoms. The van der Waals surface area contributed by atoms with Crippen LogP contribution in [0.5, 0.6) is 0 Å². The predicted octanol–water partition coefficient (Wildman–Crippen LogP) is 0.894. The molecule has 1 aromatic rings. The van der Waals surface area contributed by atoms with Crippen LogP contribution in [0, 0.1) is 0 Å². The van der Waals surface area contributed by atoms with Gasteiger partial charge in [0.15, 0.2) is 0 Å². The van der Waals surface area contributed by atoms with E-state index < -0.39 is 16.0 Å². The molecule has 0 aliphatic carbocycles. The number of rotatable bonds is 6. The third kappa shape index (κ3) is 3.07. The highest BCUT2D eigenvalue weighted by Crippen LogP contribution is 2.14. The second-order valence-corrected chi connectivity index (χ2v) is 5.32. The van der Waals surface area contributed by atoms with Crippen LogP contribution in [0.4, 0.5) is 0 Å². The maximum absolute atomic E-state index is 11.8. The highest BCUT2D eigenvalue weighted by atomic mass is 32.2. The molecular formula is C10H16N2O4S. The Labute approximate surface area is 100 Å². The molecule has 0 unspecified atom stereocenters. The fourth-order valence-corrected chi connectivity index (χ4v) is 2.56. The number of aromatic carboxylic acids is 1. The van der Waals surface area contributed by atoms with Gasteiger partial charge in [-0.05, 0) is 19.4 Å². The first kappa shape index (κ1) is 13.7. The molecule has 0 atom stereocenters. The topological polar surface area (TPSA) is 88.4 Å². The fourth-order valence-electron chi connectivity index (χ4n) is 1.39. The van der Waals surface area contributed by atoms with E-state index in [1.807, 2.05) is 6.92 Å². The first-order valence-corrected chi connectivity index (χ1v) is 6.83. The molecule has 0 aliphatic heterocycles. The summed E-state index contributed by atoms with van der Waals surface area (Å²) in [7, 11) is -3.60. The Hall–Kier alpha value is -1.34. The van der Waals surface area contributed by atoms with Crippen molar-refractivity contribution in [2.24, 2.45) is 0 Å². The second-order valence-electron chi connectivity index (χ2n) is 3.55. The Kier molecular flexibility index (Phi) is 4.30. The first-order chi connectivity index (χ1) is 7.92. The molecule has 7 heteroatoms. The van der Waals surface area contributed by atoms with Gasteiger partial charge < -0.3 is 9.67 Å². The second kappa shape index (κ2) is 5.33. The van der Waals surface area contributed by atoms with E-state index in [1.54, 1.807) is 6.92 Å². The number of aryl methyl sites for hydroxylation is 1. The molecule has 6 nitrogen and oxygen atoms in total. The number of carboxylic acids is 1. The van der Waals surface area contributed by atoms with Crippen LogP contribution in [0.2, 0.25) is 0 Å². The minimum Gasteiger partial charge on any atom is -0.477 e. The number of hydrogen-bond donors (Lipinski definition) is 2. The normalized spacial score (nSPS) is 11.6. The molecule has 1 rings (SSSR count). The van der Waals surface area contributed by atoms with Gasteiger partial charge in [-0.3, -0.25) is 0 Å². The average Bonchev–Trinajstić information content (AvgIpc) is 2.71. The van der Waals surface area contributed by atoms with Crippen molar-refractivity contribution < 1.29 is 18.3 Å². The summed E-state index contributed by atoms with van der Waals surface area (Å²) in [5.41, 5.74) is -0.0237. The van der Waals surface area contributed by atoms with Crippen LogP contribution in [0.3, 0.4) is 0 Å². The van der Waals surface area contributed by atoms with E-state index in [0.29, 0.717) is 19.5 Å². The minimum absolute atomic E-state index is 0.00907. The molecule has 0 saturated carbocycles. The van der Waals surface area contributed by atoms with E-state index >= 15 is 0 Å². The zero-order valence-corrected chi connectivity index (χ0v) is 10.6. The van der Waals surface area contributed by atoms with Crippen molar-refractivity contribution in [3.63, 3.8) is 0 Å². The van der Waals surface area contributed by atoms with E-state index in [0.717, 1.165) is 0 Å². The largest absolute Gasteiger partial charge is 0.477 e. The Morgan fingerprint density at radius 1 is 1.47 bits per heavy atom. The lowest BCUT2D eigenvalue weighted by molar-refractivity contribution is 0.0685. The number of aromatic nitrogens is 1. The summed E-state index contributed by atoms with van der Waals surface area (Å²) in [6.45, 7) is 4.34. The predicted molar refractivity (Wildman–Crippen MR) is 62.5 cm³/mol. The van der Waals surface area contributed by atoms with Crippen LogP contribution in [0.1, 0.15) is 30.8 Å². The summed E-state index contributed by atoms with van der Waals surface area (Å²) >= 11 is 0. The number of nitrogens with one attached hydrogen (secondary N) is 1. The Morgan fingerprint density at radius 2 is 2.12 bits per heavy atom. The van der Waals surface area contributed by atoms with E-state index in [1.165, 1.54) is 16.8 Å². The zero-order chi connectivity index (χ0) is 13.1. The molecule has 0 saturated heterocycles. The van der Waals surface area contributed by atoms with Gasteiger partial charge in [0.1, 0.15) is 10.6 Å². The lowest BCUT2D eigenvalue weighted by atomic mass is 10.4. The Balaban J connectivity index is 3.11. The van der Waals surface area contributed by atoms with Gasteiger partial charge in [-0.1, -0.05) is 6.92 Å². The standard InChI is InChI=1S/C10H16N2O4S/c1-3-5-11-17(15,16)8-6-9(10(13)14)12(4-2)7-8/h6-7,11H,3-5H2,1-2H3,(H,13,14). The lowest BCUT2D eigenvalue weighted by Gasteiger charge is -2.02. The summed E-state index contributed by atoms with van der Waals surface area (Å²) in [6.07, 6.45) is 2.01. The van der Waals surface area contributed by atoms with Crippen LogP contribution >= 0.6 is 0 Å². The number of carboxylic acid groups (broad SMARTS) is 1. The number of sulfonamides is 1. The third-order valence-corrected chi connectivity index (χ3v) is 3.71. The third-order valence-electron chi connectivity index (χ3n) is 2.28. The van der Waals surface area contributed by atoms with E-state index in [2.05, 4.69) is 4.72 Å². The molecule has 2 N–H and O–H groups in total. The molecule has 0 radical (unpaired) electrons. The molecule has 1 aromatic heterocycles. The minimum atomic E-state index is -3.60.